The van der Waals surface area contributed by atoms with Crippen molar-refractivity contribution in [2.75, 3.05) is 19.8 Å². The largest absolute Gasteiger partial charge is 0.465 e. The van der Waals surface area contributed by atoms with E-state index in [1.54, 1.807) is 25.1 Å². The summed E-state index contributed by atoms with van der Waals surface area (Å²) in [4.78, 5) is 24.7. The lowest BCUT2D eigenvalue weighted by Gasteiger charge is -2.33. The highest BCUT2D eigenvalue weighted by atomic mass is 35.5. The second-order valence-corrected chi connectivity index (χ2v) is 5.78. The highest BCUT2D eigenvalue weighted by Crippen LogP contribution is 2.34. The van der Waals surface area contributed by atoms with Crippen LogP contribution in [-0.2, 0) is 25.5 Å². The van der Waals surface area contributed by atoms with Crippen molar-refractivity contribution in [2.24, 2.45) is 5.41 Å². The molecule has 21 heavy (non-hydrogen) atoms. The molecule has 0 saturated carbocycles. The Balaban J connectivity index is 2.35. The Labute approximate surface area is 133 Å². The van der Waals surface area contributed by atoms with Crippen LogP contribution in [0.25, 0.3) is 0 Å². The first-order chi connectivity index (χ1) is 9.99. The first-order valence-electron chi connectivity index (χ1n) is 6.72. The SMILES string of the molecule is CCOC(=O)C1(Cc2ccc(Cl)cc2Cl)COCCC1=O. The van der Waals surface area contributed by atoms with E-state index in [1.165, 1.54) is 0 Å². The second kappa shape index (κ2) is 6.77. The minimum atomic E-state index is -1.31. The van der Waals surface area contributed by atoms with Crippen LogP contribution in [0.3, 0.4) is 0 Å². The molecule has 0 aromatic heterocycles. The van der Waals surface area contributed by atoms with Crippen LogP contribution in [0.1, 0.15) is 18.9 Å². The molecule has 0 spiro atoms. The molecule has 4 nitrogen and oxygen atoms in total. The van der Waals surface area contributed by atoms with Gasteiger partial charge in [-0.3, -0.25) is 9.59 Å². The molecule has 1 aromatic carbocycles. The Hall–Kier alpha value is -1.10. The van der Waals surface area contributed by atoms with Crippen LogP contribution in [0.5, 0.6) is 0 Å². The van der Waals surface area contributed by atoms with E-state index in [-0.39, 0.29) is 31.8 Å². The first-order valence-corrected chi connectivity index (χ1v) is 7.47. The number of benzene rings is 1. The van der Waals surface area contributed by atoms with E-state index in [2.05, 4.69) is 0 Å². The van der Waals surface area contributed by atoms with E-state index in [0.29, 0.717) is 22.2 Å². The average Bonchev–Trinajstić information content (AvgIpc) is 2.44. The number of halogens is 2. The van der Waals surface area contributed by atoms with Crippen LogP contribution >= 0.6 is 23.2 Å². The van der Waals surface area contributed by atoms with Crippen molar-refractivity contribution in [1.29, 1.82) is 0 Å². The molecule has 1 atom stereocenters. The fourth-order valence-corrected chi connectivity index (χ4v) is 2.86. The van der Waals surface area contributed by atoms with E-state index in [1.807, 2.05) is 0 Å². The average molecular weight is 331 g/mol. The highest BCUT2D eigenvalue weighted by Gasteiger charge is 2.49. The number of rotatable bonds is 4. The topological polar surface area (TPSA) is 52.6 Å². The second-order valence-electron chi connectivity index (χ2n) is 4.94. The summed E-state index contributed by atoms with van der Waals surface area (Å²) in [5.74, 6) is -0.723. The number of ketones is 1. The molecule has 0 radical (unpaired) electrons. The summed E-state index contributed by atoms with van der Waals surface area (Å²) >= 11 is 12.0. The van der Waals surface area contributed by atoms with E-state index in [9.17, 15) is 9.59 Å². The van der Waals surface area contributed by atoms with Crippen molar-refractivity contribution in [2.45, 2.75) is 19.8 Å². The third kappa shape index (κ3) is 3.39. The number of esters is 1. The number of carbonyl (C=O) groups excluding carboxylic acids is 2. The molecule has 1 fully saturated rings. The maximum atomic E-state index is 12.4. The van der Waals surface area contributed by atoms with Gasteiger partial charge in [-0.25, -0.2) is 0 Å². The van der Waals surface area contributed by atoms with Crippen LogP contribution in [0, 0.1) is 5.41 Å². The molecular weight excluding hydrogens is 315 g/mol. The van der Waals surface area contributed by atoms with Gasteiger partial charge in [-0.05, 0) is 31.0 Å². The van der Waals surface area contributed by atoms with Crippen molar-refractivity contribution >= 4 is 35.0 Å². The van der Waals surface area contributed by atoms with Crippen LogP contribution in [0.15, 0.2) is 18.2 Å². The molecule has 0 bridgehead atoms. The monoisotopic (exact) mass is 330 g/mol. The summed E-state index contributed by atoms with van der Waals surface area (Å²) in [6.07, 6.45) is 0.352. The maximum absolute atomic E-state index is 12.4. The number of hydrogen-bond acceptors (Lipinski definition) is 4. The Morgan fingerprint density at radius 2 is 2.19 bits per heavy atom. The quantitative estimate of drug-likeness (QED) is 0.628. The lowest BCUT2D eigenvalue weighted by atomic mass is 9.76. The molecular formula is C15H16Cl2O4. The summed E-state index contributed by atoms with van der Waals surface area (Å²) in [6.45, 7) is 2.26. The lowest BCUT2D eigenvalue weighted by Crippen LogP contribution is -2.49. The van der Waals surface area contributed by atoms with Crippen LogP contribution in [-0.4, -0.2) is 31.6 Å². The minimum absolute atomic E-state index is 0.0175. The molecule has 0 N–H and O–H groups in total. The van der Waals surface area contributed by atoms with Gasteiger partial charge in [0.25, 0.3) is 0 Å². The van der Waals surface area contributed by atoms with Crippen LogP contribution in [0.2, 0.25) is 10.0 Å². The molecule has 1 aromatic rings. The van der Waals surface area contributed by atoms with Gasteiger partial charge in [-0.15, -0.1) is 0 Å². The Morgan fingerprint density at radius 3 is 2.81 bits per heavy atom. The Morgan fingerprint density at radius 1 is 1.43 bits per heavy atom. The Bertz CT molecular complexity index is 559. The summed E-state index contributed by atoms with van der Waals surface area (Å²) in [7, 11) is 0. The highest BCUT2D eigenvalue weighted by molar-refractivity contribution is 6.35. The molecule has 1 heterocycles. The van der Waals surface area contributed by atoms with Gasteiger partial charge >= 0.3 is 5.97 Å². The van der Waals surface area contributed by atoms with Gasteiger partial charge < -0.3 is 9.47 Å². The zero-order valence-corrected chi connectivity index (χ0v) is 13.2. The number of ether oxygens (including phenoxy) is 2. The third-order valence-corrected chi connectivity index (χ3v) is 4.12. The van der Waals surface area contributed by atoms with Crippen LogP contribution in [0.4, 0.5) is 0 Å². The van der Waals surface area contributed by atoms with Crippen molar-refractivity contribution in [3.05, 3.63) is 33.8 Å². The number of hydrogen-bond donors (Lipinski definition) is 0. The minimum Gasteiger partial charge on any atom is -0.465 e. The summed E-state index contributed by atoms with van der Waals surface area (Å²) in [6, 6.07) is 4.98. The smallest absolute Gasteiger partial charge is 0.322 e. The summed E-state index contributed by atoms with van der Waals surface area (Å²) < 4.78 is 10.5. The number of Topliss-reactive ketones (excluding diaryl/α,β-unsaturated/α-hetero) is 1. The van der Waals surface area contributed by atoms with E-state index in [0.717, 1.165) is 0 Å². The predicted octanol–water partition coefficient (Wildman–Crippen LogP) is 3.07. The van der Waals surface area contributed by atoms with Crippen molar-refractivity contribution in [3.63, 3.8) is 0 Å². The van der Waals surface area contributed by atoms with Crippen molar-refractivity contribution in [3.8, 4) is 0 Å². The Kier molecular flexibility index (Phi) is 5.25. The molecule has 1 saturated heterocycles. The summed E-state index contributed by atoms with van der Waals surface area (Å²) in [5, 5.41) is 0.921. The van der Waals surface area contributed by atoms with Crippen LogP contribution < -0.4 is 0 Å². The molecule has 1 aliphatic rings. The summed E-state index contributed by atoms with van der Waals surface area (Å²) in [5.41, 5.74) is -0.640. The first kappa shape index (κ1) is 16.3. The van der Waals surface area contributed by atoms with Gasteiger partial charge in [0.05, 0.1) is 19.8 Å². The normalized spacial score (nSPS) is 22.1. The standard InChI is InChI=1S/C15H16Cl2O4/c1-2-21-14(19)15(9-20-6-5-13(15)18)8-10-3-4-11(16)7-12(10)17/h3-4,7H,2,5-6,8-9H2,1H3. The lowest BCUT2D eigenvalue weighted by molar-refractivity contribution is -0.169. The van der Waals surface area contributed by atoms with E-state index < -0.39 is 11.4 Å². The number of carbonyl (C=O) groups is 2. The van der Waals surface area contributed by atoms with Gasteiger partial charge in [0.2, 0.25) is 0 Å². The third-order valence-electron chi connectivity index (χ3n) is 3.53. The molecule has 0 amide bonds. The molecule has 114 valence electrons. The van der Waals surface area contributed by atoms with Gasteiger partial charge in [0, 0.05) is 16.5 Å². The fraction of sp³-hybridized carbons (Fsp3) is 0.467. The van der Waals surface area contributed by atoms with E-state index in [4.69, 9.17) is 32.7 Å². The molecule has 0 aliphatic carbocycles. The van der Waals surface area contributed by atoms with E-state index >= 15 is 0 Å². The zero-order chi connectivity index (χ0) is 15.5. The molecule has 2 rings (SSSR count). The fourth-order valence-electron chi connectivity index (χ4n) is 2.38. The maximum Gasteiger partial charge on any atom is 0.322 e. The van der Waals surface area contributed by atoms with Crippen molar-refractivity contribution < 1.29 is 19.1 Å². The van der Waals surface area contributed by atoms with Gasteiger partial charge in [-0.1, -0.05) is 29.3 Å². The van der Waals surface area contributed by atoms with Gasteiger partial charge in [0.15, 0.2) is 11.2 Å². The molecule has 1 aliphatic heterocycles. The predicted molar refractivity (Wildman–Crippen MR) is 79.7 cm³/mol. The molecule has 6 heteroatoms. The molecule has 1 unspecified atom stereocenters. The van der Waals surface area contributed by atoms with Gasteiger partial charge in [0.1, 0.15) is 0 Å². The van der Waals surface area contributed by atoms with Gasteiger partial charge in [-0.2, -0.15) is 0 Å². The zero-order valence-electron chi connectivity index (χ0n) is 11.7. The van der Waals surface area contributed by atoms with Crippen molar-refractivity contribution in [1.82, 2.24) is 0 Å².